The minimum absolute atomic E-state index is 0.851. The second kappa shape index (κ2) is 12.1. The Morgan fingerprint density at radius 2 is 1.21 bits per heavy atom. The maximum Gasteiger partial charge on any atom is -0.00693 e. The molecule has 3 rings (SSSR count). The summed E-state index contributed by atoms with van der Waals surface area (Å²) >= 11 is 9.60. The minimum Gasteiger partial charge on any atom is -0.179 e. The highest BCUT2D eigenvalue weighted by atomic mass is 32.1. The summed E-state index contributed by atoms with van der Waals surface area (Å²) in [5.74, 6) is 10.7. The van der Waals surface area contributed by atoms with Crippen molar-refractivity contribution in [1.82, 2.24) is 0 Å². The van der Waals surface area contributed by atoms with Gasteiger partial charge in [0.15, 0.2) is 0 Å². The van der Waals surface area contributed by atoms with Crippen molar-refractivity contribution in [2.24, 2.45) is 53.3 Å². The number of hydrogen-bond donors (Lipinski definition) is 2. The van der Waals surface area contributed by atoms with Gasteiger partial charge in [0.2, 0.25) is 0 Å². The Hall–Kier alpha value is 0.700. The monoisotopic (exact) mass is 438 g/mol. The first-order chi connectivity index (χ1) is 14.0. The predicted octanol–water partition coefficient (Wildman–Crippen LogP) is 8.56. The van der Waals surface area contributed by atoms with Crippen LogP contribution in [-0.4, -0.2) is 11.5 Å². The SMILES string of the molecule is CCC1CCCC(C2CCC(C3CC(CS)CCC(C(C)C)C3)CC(CS)C2)C1. The molecule has 3 saturated carbocycles. The van der Waals surface area contributed by atoms with E-state index in [-0.39, 0.29) is 0 Å². The molecule has 3 fully saturated rings. The van der Waals surface area contributed by atoms with Gasteiger partial charge in [0.1, 0.15) is 0 Å². The normalized spacial score (nSPS) is 42.4. The van der Waals surface area contributed by atoms with Gasteiger partial charge in [-0.15, -0.1) is 0 Å². The third-order valence-corrected chi connectivity index (χ3v) is 10.6. The maximum absolute atomic E-state index is 4.85. The number of rotatable bonds is 6. The zero-order valence-electron chi connectivity index (χ0n) is 19.7. The highest BCUT2D eigenvalue weighted by molar-refractivity contribution is 7.80. The van der Waals surface area contributed by atoms with Crippen LogP contribution in [0.4, 0.5) is 0 Å². The standard InChI is InChI=1S/C27H50S2/c1-4-20-6-5-7-24(12-20)25-10-11-26(15-22(14-25)18-29)27-13-21(17-28)8-9-23(16-27)19(2)3/h19-29H,4-18H2,1-3H3. The van der Waals surface area contributed by atoms with Crippen LogP contribution in [-0.2, 0) is 0 Å². The van der Waals surface area contributed by atoms with Crippen LogP contribution in [0.5, 0.6) is 0 Å². The van der Waals surface area contributed by atoms with Crippen molar-refractivity contribution in [1.29, 1.82) is 0 Å². The van der Waals surface area contributed by atoms with E-state index >= 15 is 0 Å². The molecule has 3 aliphatic carbocycles. The second-order valence-electron chi connectivity index (χ2n) is 11.7. The van der Waals surface area contributed by atoms with Gasteiger partial charge in [-0.1, -0.05) is 46.5 Å². The fraction of sp³-hybridized carbons (Fsp3) is 1.00. The summed E-state index contributed by atoms with van der Waals surface area (Å²) in [5.41, 5.74) is 0. The molecule has 0 spiro atoms. The zero-order chi connectivity index (χ0) is 20.8. The quantitative estimate of drug-likeness (QED) is 0.301. The molecule has 8 unspecified atom stereocenters. The molecule has 29 heavy (non-hydrogen) atoms. The van der Waals surface area contributed by atoms with Crippen molar-refractivity contribution in [2.75, 3.05) is 11.5 Å². The summed E-state index contributed by atoms with van der Waals surface area (Å²) in [5, 5.41) is 0. The molecule has 8 atom stereocenters. The molecule has 0 aliphatic heterocycles. The summed E-state index contributed by atoms with van der Waals surface area (Å²) in [6.07, 6.45) is 19.3. The molecule has 0 aromatic heterocycles. The van der Waals surface area contributed by atoms with E-state index in [9.17, 15) is 0 Å². The Bertz CT molecular complexity index is 461. The highest BCUT2D eigenvalue weighted by Gasteiger charge is 2.37. The highest BCUT2D eigenvalue weighted by Crippen LogP contribution is 2.47. The summed E-state index contributed by atoms with van der Waals surface area (Å²) in [4.78, 5) is 0. The maximum atomic E-state index is 4.85. The van der Waals surface area contributed by atoms with Crippen LogP contribution in [0, 0.1) is 53.3 Å². The molecular weight excluding hydrogens is 388 g/mol. The van der Waals surface area contributed by atoms with E-state index in [2.05, 4.69) is 20.8 Å². The molecule has 0 aromatic rings. The van der Waals surface area contributed by atoms with Crippen molar-refractivity contribution >= 4 is 25.3 Å². The molecule has 0 bridgehead atoms. The van der Waals surface area contributed by atoms with E-state index < -0.39 is 0 Å². The Labute approximate surface area is 194 Å². The summed E-state index contributed by atoms with van der Waals surface area (Å²) in [7, 11) is 0. The molecule has 3 aliphatic rings. The summed E-state index contributed by atoms with van der Waals surface area (Å²) in [6.45, 7) is 7.35. The van der Waals surface area contributed by atoms with Crippen LogP contribution in [0.3, 0.4) is 0 Å². The van der Waals surface area contributed by atoms with E-state index in [1.165, 1.54) is 83.5 Å². The van der Waals surface area contributed by atoms with Gasteiger partial charge in [0, 0.05) is 0 Å². The smallest absolute Gasteiger partial charge is 0.00693 e. The lowest BCUT2D eigenvalue weighted by atomic mass is 9.71. The Balaban J connectivity index is 1.67. The first-order valence-corrected chi connectivity index (χ1v) is 14.5. The van der Waals surface area contributed by atoms with E-state index in [4.69, 9.17) is 25.3 Å². The largest absolute Gasteiger partial charge is 0.179 e. The fourth-order valence-corrected chi connectivity index (χ4v) is 8.14. The second-order valence-corrected chi connectivity index (χ2v) is 12.4. The van der Waals surface area contributed by atoms with Gasteiger partial charge in [-0.05, 0) is 123 Å². The minimum atomic E-state index is 0.851. The van der Waals surface area contributed by atoms with Gasteiger partial charge in [0.25, 0.3) is 0 Å². The molecule has 0 saturated heterocycles. The third-order valence-electron chi connectivity index (χ3n) is 9.56. The van der Waals surface area contributed by atoms with Crippen molar-refractivity contribution < 1.29 is 0 Å². The first kappa shape index (κ1) is 24.3. The lowest BCUT2D eigenvalue weighted by molar-refractivity contribution is 0.167. The van der Waals surface area contributed by atoms with Gasteiger partial charge in [0.05, 0.1) is 0 Å². The molecule has 0 N–H and O–H groups in total. The van der Waals surface area contributed by atoms with Gasteiger partial charge >= 0.3 is 0 Å². The van der Waals surface area contributed by atoms with Crippen LogP contribution in [0.25, 0.3) is 0 Å². The molecule has 0 heterocycles. The molecular formula is C27H50S2. The number of thiol groups is 2. The van der Waals surface area contributed by atoms with Gasteiger partial charge in [-0.3, -0.25) is 0 Å². The molecule has 0 aromatic carbocycles. The molecule has 0 nitrogen and oxygen atoms in total. The molecule has 2 heteroatoms. The van der Waals surface area contributed by atoms with Crippen LogP contribution in [0.2, 0.25) is 0 Å². The predicted molar refractivity (Wildman–Crippen MR) is 136 cm³/mol. The van der Waals surface area contributed by atoms with E-state index in [1.54, 1.807) is 0 Å². The average Bonchev–Trinajstić information content (AvgIpc) is 3.10. The Kier molecular flexibility index (Phi) is 10.1. The van der Waals surface area contributed by atoms with Crippen molar-refractivity contribution in [2.45, 2.75) is 104 Å². The van der Waals surface area contributed by atoms with Gasteiger partial charge < -0.3 is 0 Å². The lowest BCUT2D eigenvalue weighted by Gasteiger charge is -2.35. The topological polar surface area (TPSA) is 0 Å². The number of hydrogen-bond acceptors (Lipinski definition) is 2. The molecule has 0 amide bonds. The van der Waals surface area contributed by atoms with Crippen LogP contribution < -0.4 is 0 Å². The fourth-order valence-electron chi connectivity index (χ4n) is 7.51. The lowest BCUT2D eigenvalue weighted by Crippen LogP contribution is -2.24. The van der Waals surface area contributed by atoms with Crippen molar-refractivity contribution in [3.05, 3.63) is 0 Å². The van der Waals surface area contributed by atoms with Crippen LogP contribution in [0.1, 0.15) is 104 Å². The van der Waals surface area contributed by atoms with Crippen LogP contribution >= 0.6 is 25.3 Å². The summed E-state index contributed by atoms with van der Waals surface area (Å²) in [6, 6.07) is 0. The van der Waals surface area contributed by atoms with Crippen molar-refractivity contribution in [3.63, 3.8) is 0 Å². The summed E-state index contributed by atoms with van der Waals surface area (Å²) < 4.78 is 0. The van der Waals surface area contributed by atoms with E-state index in [0.717, 1.165) is 64.8 Å². The van der Waals surface area contributed by atoms with Crippen LogP contribution in [0.15, 0.2) is 0 Å². The van der Waals surface area contributed by atoms with Gasteiger partial charge in [-0.25, -0.2) is 0 Å². The Morgan fingerprint density at radius 3 is 1.83 bits per heavy atom. The van der Waals surface area contributed by atoms with E-state index in [0.29, 0.717) is 0 Å². The molecule has 170 valence electrons. The molecule has 0 radical (unpaired) electrons. The van der Waals surface area contributed by atoms with Crippen molar-refractivity contribution in [3.8, 4) is 0 Å². The van der Waals surface area contributed by atoms with Gasteiger partial charge in [-0.2, -0.15) is 25.3 Å². The average molecular weight is 439 g/mol. The zero-order valence-corrected chi connectivity index (χ0v) is 21.5. The first-order valence-electron chi connectivity index (χ1n) is 13.3. The third kappa shape index (κ3) is 6.84. The van der Waals surface area contributed by atoms with E-state index in [1.807, 2.05) is 0 Å². The Morgan fingerprint density at radius 1 is 0.621 bits per heavy atom.